The number of esters is 1. The van der Waals surface area contributed by atoms with E-state index in [9.17, 15) is 22.8 Å². The molecule has 3 heterocycles. The van der Waals surface area contributed by atoms with Crippen LogP contribution in [0, 0.1) is 5.92 Å². The summed E-state index contributed by atoms with van der Waals surface area (Å²) < 4.78 is 43.4. The number of pyridine rings is 1. The van der Waals surface area contributed by atoms with Gasteiger partial charge >= 0.3 is 12.1 Å². The molecule has 0 radical (unpaired) electrons. The molecule has 1 aromatic carbocycles. The molecule has 2 aromatic heterocycles. The lowest BCUT2D eigenvalue weighted by atomic mass is 9.97. The van der Waals surface area contributed by atoms with Crippen LogP contribution in [0.3, 0.4) is 0 Å². The SMILES string of the molecule is CCc1cccc2c(C(=O)COC(=O)C3CCN(c4ccc(C(F)(F)F)cn4)CC3)c[nH]c12. The standard InChI is InChI=1S/C24H24F3N3O3/c1-2-15-4-3-5-18-19(13-29-22(15)18)20(31)14-33-23(32)16-8-10-30(11-9-16)21-7-6-17(12-28-21)24(25,26)27/h3-7,12-13,16,29H,2,8-11,14H2,1H3. The van der Waals surface area contributed by atoms with Gasteiger partial charge < -0.3 is 14.6 Å². The Morgan fingerprint density at radius 3 is 2.58 bits per heavy atom. The number of benzene rings is 1. The van der Waals surface area contributed by atoms with Crippen LogP contribution in [-0.2, 0) is 22.1 Å². The zero-order valence-corrected chi connectivity index (χ0v) is 18.1. The van der Waals surface area contributed by atoms with Crippen molar-refractivity contribution >= 4 is 28.5 Å². The Bertz CT molecular complexity index is 1150. The highest BCUT2D eigenvalue weighted by atomic mass is 19.4. The van der Waals surface area contributed by atoms with E-state index >= 15 is 0 Å². The molecule has 9 heteroatoms. The number of halogens is 3. The Morgan fingerprint density at radius 1 is 1.18 bits per heavy atom. The summed E-state index contributed by atoms with van der Waals surface area (Å²) in [5.41, 5.74) is 1.73. The van der Waals surface area contributed by atoms with Crippen LogP contribution in [0.2, 0.25) is 0 Å². The molecular formula is C24H24F3N3O3. The third-order valence-electron chi connectivity index (χ3n) is 6.06. The second-order valence-electron chi connectivity index (χ2n) is 8.09. The number of fused-ring (bicyclic) bond motifs is 1. The number of carbonyl (C=O) groups excluding carboxylic acids is 2. The lowest BCUT2D eigenvalue weighted by molar-refractivity contribution is -0.148. The van der Waals surface area contributed by atoms with Crippen molar-refractivity contribution in [2.24, 2.45) is 5.92 Å². The van der Waals surface area contributed by atoms with Gasteiger partial charge in [0.15, 0.2) is 6.61 Å². The maximum Gasteiger partial charge on any atom is 0.417 e. The van der Waals surface area contributed by atoms with E-state index in [-0.39, 0.29) is 18.3 Å². The number of nitrogens with one attached hydrogen (secondary N) is 1. The first-order chi connectivity index (χ1) is 15.8. The van der Waals surface area contributed by atoms with Gasteiger partial charge in [-0.2, -0.15) is 13.2 Å². The van der Waals surface area contributed by atoms with Crippen LogP contribution >= 0.6 is 0 Å². The number of Topliss-reactive ketones (excluding diaryl/α,β-unsaturated/α-hetero) is 1. The summed E-state index contributed by atoms with van der Waals surface area (Å²) in [5.74, 6) is -0.624. The van der Waals surface area contributed by atoms with E-state index < -0.39 is 17.7 Å². The largest absolute Gasteiger partial charge is 0.457 e. The molecule has 1 N–H and O–H groups in total. The number of rotatable bonds is 6. The van der Waals surface area contributed by atoms with Crippen molar-refractivity contribution in [2.45, 2.75) is 32.4 Å². The number of para-hydroxylation sites is 1. The molecule has 0 atom stereocenters. The van der Waals surface area contributed by atoms with Crippen molar-refractivity contribution < 1.29 is 27.5 Å². The lowest BCUT2D eigenvalue weighted by Crippen LogP contribution is -2.37. The minimum Gasteiger partial charge on any atom is -0.457 e. The van der Waals surface area contributed by atoms with Gasteiger partial charge in [0.05, 0.1) is 11.5 Å². The summed E-state index contributed by atoms with van der Waals surface area (Å²) in [6.07, 6.45) is -0.178. The number of hydrogen-bond acceptors (Lipinski definition) is 5. The number of ketones is 1. The number of aromatic nitrogens is 2. The number of piperidine rings is 1. The molecule has 174 valence electrons. The number of aromatic amines is 1. The predicted octanol–water partition coefficient (Wildman–Crippen LogP) is 4.79. The van der Waals surface area contributed by atoms with Crippen molar-refractivity contribution in [1.29, 1.82) is 0 Å². The first kappa shape index (κ1) is 22.8. The summed E-state index contributed by atoms with van der Waals surface area (Å²) >= 11 is 0. The molecule has 3 aromatic rings. The molecule has 1 aliphatic rings. The third kappa shape index (κ3) is 4.86. The van der Waals surface area contributed by atoms with Gasteiger partial charge in [-0.25, -0.2) is 4.98 Å². The van der Waals surface area contributed by atoms with Gasteiger partial charge in [0, 0.05) is 41.9 Å². The van der Waals surface area contributed by atoms with E-state index in [1.807, 2.05) is 30.0 Å². The quantitative estimate of drug-likeness (QED) is 0.424. The molecule has 1 fully saturated rings. The molecule has 0 unspecified atom stereocenters. The first-order valence-corrected chi connectivity index (χ1v) is 10.8. The molecule has 0 bridgehead atoms. The van der Waals surface area contributed by atoms with Gasteiger partial charge in [0.2, 0.25) is 5.78 Å². The minimum absolute atomic E-state index is 0.269. The van der Waals surface area contributed by atoms with Crippen molar-refractivity contribution in [1.82, 2.24) is 9.97 Å². The normalized spacial score (nSPS) is 15.1. The van der Waals surface area contributed by atoms with Crippen LogP contribution in [0.15, 0.2) is 42.7 Å². The summed E-state index contributed by atoms with van der Waals surface area (Å²) in [7, 11) is 0. The Kier molecular flexibility index (Phi) is 6.40. The predicted molar refractivity (Wildman–Crippen MR) is 117 cm³/mol. The Morgan fingerprint density at radius 2 is 1.94 bits per heavy atom. The van der Waals surface area contributed by atoms with Gasteiger partial charge in [-0.05, 0) is 37.0 Å². The fourth-order valence-electron chi connectivity index (χ4n) is 4.16. The summed E-state index contributed by atoms with van der Waals surface area (Å²) in [4.78, 5) is 34.0. The Labute approximate surface area is 188 Å². The molecular weight excluding hydrogens is 435 g/mol. The monoisotopic (exact) mass is 459 g/mol. The zero-order chi connectivity index (χ0) is 23.6. The summed E-state index contributed by atoms with van der Waals surface area (Å²) in [6, 6.07) is 8.11. The molecule has 6 nitrogen and oxygen atoms in total. The maximum absolute atomic E-state index is 12.7. The molecule has 0 spiro atoms. The molecule has 0 aliphatic carbocycles. The van der Waals surface area contributed by atoms with Crippen LogP contribution in [0.5, 0.6) is 0 Å². The van der Waals surface area contributed by atoms with E-state index in [0.717, 1.165) is 35.2 Å². The highest BCUT2D eigenvalue weighted by Crippen LogP contribution is 2.30. The molecule has 0 saturated carbocycles. The molecule has 1 saturated heterocycles. The van der Waals surface area contributed by atoms with Crippen molar-refractivity contribution in [3.63, 3.8) is 0 Å². The van der Waals surface area contributed by atoms with Gasteiger partial charge in [-0.15, -0.1) is 0 Å². The molecule has 1 aliphatic heterocycles. The average Bonchev–Trinajstić information content (AvgIpc) is 3.26. The number of aryl methyl sites for hydroxylation is 1. The number of alkyl halides is 3. The number of ether oxygens (including phenoxy) is 1. The Balaban J connectivity index is 1.30. The third-order valence-corrected chi connectivity index (χ3v) is 6.06. The number of H-pyrrole nitrogens is 1. The second kappa shape index (κ2) is 9.25. The average molecular weight is 459 g/mol. The second-order valence-corrected chi connectivity index (χ2v) is 8.09. The van der Waals surface area contributed by atoms with Crippen LogP contribution in [0.1, 0.15) is 41.3 Å². The van der Waals surface area contributed by atoms with Crippen LogP contribution < -0.4 is 4.90 Å². The molecule has 33 heavy (non-hydrogen) atoms. The molecule has 0 amide bonds. The smallest absolute Gasteiger partial charge is 0.417 e. The van der Waals surface area contributed by atoms with Crippen molar-refractivity contribution in [3.05, 3.63) is 59.4 Å². The minimum atomic E-state index is -4.43. The first-order valence-electron chi connectivity index (χ1n) is 10.8. The summed E-state index contributed by atoms with van der Waals surface area (Å²) in [6.45, 7) is 2.64. The van der Waals surface area contributed by atoms with Gasteiger partial charge in [0.25, 0.3) is 0 Å². The fourth-order valence-corrected chi connectivity index (χ4v) is 4.16. The van der Waals surface area contributed by atoms with Crippen LogP contribution in [0.25, 0.3) is 10.9 Å². The number of carbonyl (C=O) groups is 2. The topological polar surface area (TPSA) is 75.3 Å². The molecule has 4 rings (SSSR count). The fraction of sp³-hybridized carbons (Fsp3) is 0.375. The van der Waals surface area contributed by atoms with E-state index in [0.29, 0.717) is 37.3 Å². The van der Waals surface area contributed by atoms with Crippen LogP contribution in [0.4, 0.5) is 19.0 Å². The highest BCUT2D eigenvalue weighted by molar-refractivity contribution is 6.09. The summed E-state index contributed by atoms with van der Waals surface area (Å²) in [5, 5.41) is 0.813. The maximum atomic E-state index is 12.7. The lowest BCUT2D eigenvalue weighted by Gasteiger charge is -2.31. The zero-order valence-electron chi connectivity index (χ0n) is 18.1. The van der Waals surface area contributed by atoms with E-state index in [4.69, 9.17) is 4.74 Å². The van der Waals surface area contributed by atoms with Gasteiger partial charge in [-0.1, -0.05) is 25.1 Å². The van der Waals surface area contributed by atoms with Crippen LogP contribution in [-0.4, -0.2) is 41.4 Å². The van der Waals surface area contributed by atoms with Crippen molar-refractivity contribution in [2.75, 3.05) is 24.6 Å². The van der Waals surface area contributed by atoms with Gasteiger partial charge in [-0.3, -0.25) is 9.59 Å². The number of nitrogens with zero attached hydrogens (tertiary/aromatic N) is 2. The van der Waals surface area contributed by atoms with Gasteiger partial charge in [0.1, 0.15) is 5.82 Å². The van der Waals surface area contributed by atoms with E-state index in [1.165, 1.54) is 6.07 Å². The number of hydrogen-bond donors (Lipinski definition) is 1. The number of anilines is 1. The van der Waals surface area contributed by atoms with Crippen molar-refractivity contribution in [3.8, 4) is 0 Å². The van der Waals surface area contributed by atoms with E-state index in [1.54, 1.807) is 6.20 Å². The highest BCUT2D eigenvalue weighted by Gasteiger charge is 2.32. The Hall–Kier alpha value is -3.36. The van der Waals surface area contributed by atoms with E-state index in [2.05, 4.69) is 9.97 Å².